The molecule has 0 unspecified atom stereocenters. The number of hydrogen-bond donors (Lipinski definition) is 0. The first-order valence-corrected chi connectivity index (χ1v) is 6.01. The van der Waals surface area contributed by atoms with Gasteiger partial charge in [0.1, 0.15) is 0 Å². The van der Waals surface area contributed by atoms with Crippen molar-refractivity contribution in [1.82, 2.24) is 4.90 Å². The van der Waals surface area contributed by atoms with Crippen LogP contribution < -0.4 is 0 Å². The zero-order chi connectivity index (χ0) is 10.4. The summed E-state index contributed by atoms with van der Waals surface area (Å²) in [6, 6.07) is 0.813. The quantitative estimate of drug-likeness (QED) is 0.675. The van der Waals surface area contributed by atoms with Gasteiger partial charge < -0.3 is 9.64 Å². The molecule has 0 aromatic heterocycles. The Balaban J connectivity index is 2.19. The van der Waals surface area contributed by atoms with Crippen molar-refractivity contribution < 1.29 is 4.74 Å². The Kier molecular flexibility index (Phi) is 5.49. The molecule has 0 aliphatic heterocycles. The van der Waals surface area contributed by atoms with Crippen LogP contribution in [0.2, 0.25) is 0 Å². The number of rotatable bonds is 5. The molecular weight excluding hydrogens is 174 g/mol. The minimum atomic E-state index is 0.533. The molecule has 1 aliphatic carbocycles. The van der Waals surface area contributed by atoms with E-state index in [4.69, 9.17) is 4.74 Å². The van der Waals surface area contributed by atoms with Crippen molar-refractivity contribution in [1.29, 1.82) is 0 Å². The van der Waals surface area contributed by atoms with Gasteiger partial charge in [-0.05, 0) is 45.7 Å². The van der Waals surface area contributed by atoms with Crippen LogP contribution in [0.3, 0.4) is 0 Å². The van der Waals surface area contributed by atoms with E-state index in [0.29, 0.717) is 6.10 Å². The Morgan fingerprint density at radius 3 is 2.36 bits per heavy atom. The second kappa shape index (κ2) is 6.41. The van der Waals surface area contributed by atoms with Crippen molar-refractivity contribution in [3.63, 3.8) is 0 Å². The van der Waals surface area contributed by atoms with Gasteiger partial charge in [0.2, 0.25) is 0 Å². The first-order valence-electron chi connectivity index (χ1n) is 6.01. The second-order valence-corrected chi connectivity index (χ2v) is 4.50. The molecule has 0 aromatic rings. The summed E-state index contributed by atoms with van der Waals surface area (Å²) in [7, 11) is 4.11. The van der Waals surface area contributed by atoms with Gasteiger partial charge in [0.25, 0.3) is 0 Å². The molecule has 1 saturated carbocycles. The lowest BCUT2D eigenvalue weighted by molar-refractivity contribution is 0.0439. The fraction of sp³-hybridized carbons (Fsp3) is 1.00. The summed E-state index contributed by atoms with van der Waals surface area (Å²) in [5.74, 6) is 0. The van der Waals surface area contributed by atoms with Crippen LogP contribution in [-0.4, -0.2) is 37.7 Å². The molecule has 0 saturated heterocycles. The highest BCUT2D eigenvalue weighted by Crippen LogP contribution is 2.24. The Morgan fingerprint density at radius 1 is 1.21 bits per heavy atom. The number of hydrogen-bond acceptors (Lipinski definition) is 2. The van der Waals surface area contributed by atoms with Gasteiger partial charge in [0.05, 0.1) is 6.10 Å². The minimum Gasteiger partial charge on any atom is -0.381 e. The highest BCUT2D eigenvalue weighted by atomic mass is 16.5. The van der Waals surface area contributed by atoms with Gasteiger partial charge in [0.15, 0.2) is 0 Å². The molecular formula is C12H25NO. The molecule has 1 fully saturated rings. The smallest absolute Gasteiger partial charge is 0.0572 e. The van der Waals surface area contributed by atoms with Gasteiger partial charge in [-0.15, -0.1) is 0 Å². The van der Waals surface area contributed by atoms with E-state index < -0.39 is 0 Å². The third kappa shape index (κ3) is 3.58. The molecule has 0 N–H and O–H groups in total. The van der Waals surface area contributed by atoms with Crippen LogP contribution in [-0.2, 0) is 4.74 Å². The molecule has 0 radical (unpaired) electrons. The summed E-state index contributed by atoms with van der Waals surface area (Å²) < 4.78 is 5.38. The molecule has 0 bridgehead atoms. The number of methoxy groups -OCH3 is 1. The first-order chi connectivity index (χ1) is 6.77. The zero-order valence-corrected chi connectivity index (χ0v) is 9.96. The molecule has 0 spiro atoms. The van der Waals surface area contributed by atoms with E-state index in [2.05, 4.69) is 18.9 Å². The molecule has 1 rings (SSSR count). The monoisotopic (exact) mass is 199 g/mol. The van der Waals surface area contributed by atoms with Gasteiger partial charge in [0, 0.05) is 13.2 Å². The van der Waals surface area contributed by atoms with E-state index in [0.717, 1.165) is 6.04 Å². The summed E-state index contributed by atoms with van der Waals surface area (Å²) >= 11 is 0. The van der Waals surface area contributed by atoms with E-state index in [1.165, 1.54) is 45.1 Å². The number of nitrogens with zero attached hydrogens (tertiary/aromatic N) is 1. The fourth-order valence-corrected chi connectivity index (χ4v) is 2.31. The van der Waals surface area contributed by atoms with Crippen LogP contribution in [0.4, 0.5) is 0 Å². The van der Waals surface area contributed by atoms with Gasteiger partial charge in [-0.25, -0.2) is 0 Å². The largest absolute Gasteiger partial charge is 0.381 e. The van der Waals surface area contributed by atoms with Crippen LogP contribution in [0.1, 0.15) is 45.4 Å². The van der Waals surface area contributed by atoms with Gasteiger partial charge in [-0.2, -0.15) is 0 Å². The topological polar surface area (TPSA) is 12.5 Å². The Morgan fingerprint density at radius 2 is 1.86 bits per heavy atom. The van der Waals surface area contributed by atoms with Crippen LogP contribution in [0, 0.1) is 0 Å². The van der Waals surface area contributed by atoms with Crippen molar-refractivity contribution in [2.75, 3.05) is 20.7 Å². The third-order valence-electron chi connectivity index (χ3n) is 3.46. The summed E-state index contributed by atoms with van der Waals surface area (Å²) in [5.41, 5.74) is 0. The minimum absolute atomic E-state index is 0.533. The van der Waals surface area contributed by atoms with Crippen LogP contribution in [0.25, 0.3) is 0 Å². The van der Waals surface area contributed by atoms with Crippen LogP contribution >= 0.6 is 0 Å². The van der Waals surface area contributed by atoms with Gasteiger partial charge in [-0.1, -0.05) is 13.3 Å². The van der Waals surface area contributed by atoms with Gasteiger partial charge >= 0.3 is 0 Å². The normalized spacial score (nSPS) is 28.3. The molecule has 0 amide bonds. The maximum Gasteiger partial charge on any atom is 0.0572 e. The standard InChI is InChI=1S/C12H25NO/c1-4-5-10-13(2)11-6-8-12(14-3)9-7-11/h11-12H,4-10H2,1-3H3. The molecule has 84 valence electrons. The van der Waals surface area contributed by atoms with Crippen molar-refractivity contribution in [2.45, 2.75) is 57.6 Å². The second-order valence-electron chi connectivity index (χ2n) is 4.50. The fourth-order valence-electron chi connectivity index (χ4n) is 2.31. The predicted octanol–water partition coefficient (Wildman–Crippen LogP) is 2.68. The number of ether oxygens (including phenoxy) is 1. The van der Waals surface area contributed by atoms with Crippen molar-refractivity contribution in [3.05, 3.63) is 0 Å². The molecule has 0 aromatic carbocycles. The zero-order valence-electron chi connectivity index (χ0n) is 9.96. The van der Waals surface area contributed by atoms with Crippen molar-refractivity contribution in [2.24, 2.45) is 0 Å². The van der Waals surface area contributed by atoms with E-state index in [1.807, 2.05) is 7.11 Å². The lowest BCUT2D eigenvalue weighted by Gasteiger charge is -2.34. The van der Waals surface area contributed by atoms with E-state index in [-0.39, 0.29) is 0 Å². The summed E-state index contributed by atoms with van der Waals surface area (Å²) in [4.78, 5) is 2.54. The Hall–Kier alpha value is -0.0800. The van der Waals surface area contributed by atoms with E-state index >= 15 is 0 Å². The van der Waals surface area contributed by atoms with Crippen molar-refractivity contribution in [3.8, 4) is 0 Å². The van der Waals surface area contributed by atoms with Gasteiger partial charge in [-0.3, -0.25) is 0 Å². The SMILES string of the molecule is CCCCN(C)C1CCC(OC)CC1. The average molecular weight is 199 g/mol. The summed E-state index contributed by atoms with van der Waals surface area (Å²) in [6.07, 6.45) is 8.30. The highest BCUT2D eigenvalue weighted by molar-refractivity contribution is 4.78. The maximum atomic E-state index is 5.38. The molecule has 1 aliphatic rings. The Bertz CT molecular complexity index is 141. The number of unbranched alkanes of at least 4 members (excludes halogenated alkanes) is 1. The average Bonchev–Trinajstić information content (AvgIpc) is 2.26. The third-order valence-corrected chi connectivity index (χ3v) is 3.46. The Labute approximate surface area is 88.6 Å². The lowest BCUT2D eigenvalue weighted by Crippen LogP contribution is -2.37. The first kappa shape index (κ1) is 12.0. The van der Waals surface area contributed by atoms with E-state index in [1.54, 1.807) is 0 Å². The summed E-state index contributed by atoms with van der Waals surface area (Å²) in [5, 5.41) is 0. The van der Waals surface area contributed by atoms with E-state index in [9.17, 15) is 0 Å². The molecule has 0 atom stereocenters. The molecule has 2 nitrogen and oxygen atoms in total. The predicted molar refractivity (Wildman–Crippen MR) is 60.6 cm³/mol. The lowest BCUT2D eigenvalue weighted by atomic mass is 9.92. The van der Waals surface area contributed by atoms with Crippen LogP contribution in [0.15, 0.2) is 0 Å². The highest BCUT2D eigenvalue weighted by Gasteiger charge is 2.23. The maximum absolute atomic E-state index is 5.38. The van der Waals surface area contributed by atoms with Crippen LogP contribution in [0.5, 0.6) is 0 Å². The molecule has 2 heteroatoms. The molecule has 14 heavy (non-hydrogen) atoms. The molecule has 0 heterocycles. The summed E-state index contributed by atoms with van der Waals surface area (Å²) in [6.45, 7) is 3.52. The van der Waals surface area contributed by atoms with Crippen molar-refractivity contribution >= 4 is 0 Å².